The molecule has 2 aromatic carbocycles. The largest absolute Gasteiger partial charge is 0.361 e. The molecule has 1 N–H and O–H groups in total. The van der Waals surface area contributed by atoms with E-state index in [0.717, 1.165) is 54.7 Å². The van der Waals surface area contributed by atoms with Crippen LogP contribution >= 0.6 is 0 Å². The van der Waals surface area contributed by atoms with Crippen LogP contribution in [0.5, 0.6) is 0 Å². The summed E-state index contributed by atoms with van der Waals surface area (Å²) >= 11 is 0. The molecule has 3 aromatic rings. The first-order valence-corrected chi connectivity index (χ1v) is 21.4. The second-order valence-corrected chi connectivity index (χ2v) is 13.5. The quantitative estimate of drug-likeness (QED) is 0.106. The minimum absolute atomic E-state index is 0.272. The van der Waals surface area contributed by atoms with Gasteiger partial charge in [0.1, 0.15) is 0 Å². The average molecular weight is 791 g/mol. The highest BCUT2D eigenvalue weighted by molar-refractivity contribution is 6.13. The predicted octanol–water partition coefficient (Wildman–Crippen LogP) is 15.9. The number of nitrogens with zero attached hydrogens (tertiary/aromatic N) is 3. The van der Waals surface area contributed by atoms with Gasteiger partial charge in [0, 0.05) is 72.0 Å². The lowest BCUT2D eigenvalue weighted by atomic mass is 9.97. The van der Waals surface area contributed by atoms with Crippen molar-refractivity contribution in [1.82, 2.24) is 4.98 Å². The van der Waals surface area contributed by atoms with Gasteiger partial charge in [-0.05, 0) is 108 Å². The van der Waals surface area contributed by atoms with Gasteiger partial charge in [0.05, 0.1) is 0 Å². The summed E-state index contributed by atoms with van der Waals surface area (Å²) in [5, 5.41) is 3.60. The maximum absolute atomic E-state index is 4.36. The number of aromatic nitrogens is 1. The number of rotatable bonds is 13. The number of pyridine rings is 1. The first kappa shape index (κ1) is 51.3. The van der Waals surface area contributed by atoms with Gasteiger partial charge in [-0.3, -0.25) is 9.98 Å². The van der Waals surface area contributed by atoms with Crippen LogP contribution in [0.2, 0.25) is 0 Å². The lowest BCUT2D eigenvalue weighted by Crippen LogP contribution is -2.35. The number of anilines is 3. The molecule has 1 atom stereocenters. The van der Waals surface area contributed by atoms with Crippen LogP contribution in [0, 0.1) is 0 Å². The zero-order valence-corrected chi connectivity index (χ0v) is 38.3. The van der Waals surface area contributed by atoms with Gasteiger partial charge >= 0.3 is 0 Å². The smallest absolute Gasteiger partial charge is 0.0485 e. The Morgan fingerprint density at radius 3 is 2.27 bits per heavy atom. The molecule has 0 fully saturated rings. The maximum atomic E-state index is 4.36. The van der Waals surface area contributed by atoms with E-state index in [-0.39, 0.29) is 6.04 Å². The van der Waals surface area contributed by atoms with Crippen LogP contribution in [0.4, 0.5) is 17.1 Å². The van der Waals surface area contributed by atoms with E-state index in [4.69, 9.17) is 0 Å². The number of hydrogen-bond acceptors (Lipinski definition) is 4. The molecule has 2 aliphatic rings. The van der Waals surface area contributed by atoms with Crippen molar-refractivity contribution in [2.75, 3.05) is 23.8 Å². The van der Waals surface area contributed by atoms with Crippen LogP contribution in [0.1, 0.15) is 105 Å². The fourth-order valence-electron chi connectivity index (χ4n) is 6.26. The topological polar surface area (TPSA) is 40.5 Å². The van der Waals surface area contributed by atoms with E-state index in [1.807, 2.05) is 92.4 Å². The highest BCUT2D eigenvalue weighted by Gasteiger charge is 2.22. The van der Waals surface area contributed by atoms with Gasteiger partial charge in [-0.1, -0.05) is 155 Å². The normalized spacial score (nSPS) is 14.7. The molecular formula is C55H74N4. The summed E-state index contributed by atoms with van der Waals surface area (Å²) in [6, 6.07) is 19.6. The third-order valence-electron chi connectivity index (χ3n) is 9.26. The van der Waals surface area contributed by atoms with Gasteiger partial charge in [0.2, 0.25) is 0 Å². The van der Waals surface area contributed by atoms with Crippen LogP contribution in [0.3, 0.4) is 0 Å². The highest BCUT2D eigenvalue weighted by atomic mass is 15.2. The van der Waals surface area contributed by atoms with E-state index in [0.29, 0.717) is 0 Å². The summed E-state index contributed by atoms with van der Waals surface area (Å²) in [6.07, 6.45) is 37.4. The molecular weight excluding hydrogens is 717 g/mol. The number of hydrogen-bond donors (Lipinski definition) is 1. The molecule has 5 rings (SSSR count). The van der Waals surface area contributed by atoms with Crippen molar-refractivity contribution < 1.29 is 0 Å². The lowest BCUT2D eigenvalue weighted by Gasteiger charge is -2.34. The Hall–Kier alpha value is -5.74. The standard InChI is InChI=1S/C44H48N4.C4H8.C3H6.2C2H6/c1-6-13-35(14-10-11-27-48-34(4)28-39(31-45-5)42-32-46-26-25-44(42)48)29-36-15-12-16-37(20-19-36)30-38-21-23-40(24-22-38)47-43-18-9-8-17-41(43)33(3)7-2;1-3-4-2;1-3-2;2*1-2/h6-13,16-26,28,31-32,34,47H,1,14-15,27,29-30H2,2-5H3;3-4H,1-2H3;3H,1H2,2H3;2*1-2H3/b11-10-,33-7+,35-13+,45-31?;4-3-;;;. The highest BCUT2D eigenvalue weighted by Crippen LogP contribution is 2.33. The van der Waals surface area contributed by atoms with E-state index in [1.165, 1.54) is 39.1 Å². The second-order valence-electron chi connectivity index (χ2n) is 13.5. The maximum Gasteiger partial charge on any atom is 0.0485 e. The first-order valence-electron chi connectivity index (χ1n) is 21.4. The number of nitrogens with one attached hydrogen (secondary N) is 1. The zero-order chi connectivity index (χ0) is 43.8. The number of fused-ring (bicyclic) bond motifs is 1. The number of benzene rings is 2. The van der Waals surface area contributed by atoms with Gasteiger partial charge in [-0.2, -0.15) is 0 Å². The summed E-state index contributed by atoms with van der Waals surface area (Å²) in [5.41, 5.74) is 13.6. The summed E-state index contributed by atoms with van der Waals surface area (Å²) in [5.74, 6) is 0. The molecule has 1 aliphatic carbocycles. The number of allylic oxidation sites excluding steroid dienone is 16. The molecule has 59 heavy (non-hydrogen) atoms. The minimum Gasteiger partial charge on any atom is -0.361 e. The SMILES string of the molecule is C/C=C\C.C=C/C=C(\C/C=C\CN1c2ccncc2C(C=NC)=CC1C)CC1=CC=C(Cc2ccc(Nc3ccccc3/C(C)=C/C)cc2)C=CC1.C=CC.CC.CC. The summed E-state index contributed by atoms with van der Waals surface area (Å²) in [6.45, 7) is 28.5. The molecule has 0 spiro atoms. The van der Waals surface area contributed by atoms with Gasteiger partial charge in [-0.25, -0.2) is 0 Å². The van der Waals surface area contributed by atoms with Crippen LogP contribution in [-0.2, 0) is 6.42 Å². The third kappa shape index (κ3) is 18.2. The molecule has 314 valence electrons. The fraction of sp³-hybridized carbons (Fsp3) is 0.309. The molecule has 4 nitrogen and oxygen atoms in total. The minimum atomic E-state index is 0.272. The van der Waals surface area contributed by atoms with E-state index < -0.39 is 0 Å². The van der Waals surface area contributed by atoms with E-state index >= 15 is 0 Å². The van der Waals surface area contributed by atoms with Crippen LogP contribution < -0.4 is 10.2 Å². The van der Waals surface area contributed by atoms with Crippen molar-refractivity contribution in [3.63, 3.8) is 0 Å². The molecule has 0 saturated heterocycles. The Kier molecular flexibility index (Phi) is 27.2. The Balaban J connectivity index is 0.00000143. The van der Waals surface area contributed by atoms with Crippen molar-refractivity contribution in [3.05, 3.63) is 193 Å². The van der Waals surface area contributed by atoms with Crippen molar-refractivity contribution >= 4 is 34.4 Å². The van der Waals surface area contributed by atoms with Crippen molar-refractivity contribution in [1.29, 1.82) is 0 Å². The molecule has 1 unspecified atom stereocenters. The van der Waals surface area contributed by atoms with Gasteiger partial charge in [0.25, 0.3) is 0 Å². The first-order chi connectivity index (χ1) is 28.8. The van der Waals surface area contributed by atoms with Gasteiger partial charge in [-0.15, -0.1) is 6.58 Å². The molecule has 2 heterocycles. The molecule has 4 heteroatoms. The molecule has 0 amide bonds. The Bertz CT molecular complexity index is 1950. The van der Waals surface area contributed by atoms with Crippen LogP contribution in [-0.4, -0.2) is 30.8 Å². The van der Waals surface area contributed by atoms with Crippen molar-refractivity contribution in [3.8, 4) is 0 Å². The zero-order valence-electron chi connectivity index (χ0n) is 38.3. The molecule has 0 radical (unpaired) electrons. The number of aliphatic imine (C=N–C) groups is 1. The molecule has 1 aliphatic heterocycles. The summed E-state index contributed by atoms with van der Waals surface area (Å²) < 4.78 is 0. The second kappa shape index (κ2) is 31.3. The van der Waals surface area contributed by atoms with Gasteiger partial charge < -0.3 is 10.2 Å². The monoisotopic (exact) mass is 791 g/mol. The van der Waals surface area contributed by atoms with Gasteiger partial charge in [0.15, 0.2) is 0 Å². The van der Waals surface area contributed by atoms with E-state index in [9.17, 15) is 0 Å². The fourth-order valence-corrected chi connectivity index (χ4v) is 6.26. The molecule has 1 aromatic heterocycles. The van der Waals surface area contributed by atoms with Crippen LogP contribution in [0.25, 0.3) is 11.1 Å². The Morgan fingerprint density at radius 1 is 0.932 bits per heavy atom. The summed E-state index contributed by atoms with van der Waals surface area (Å²) in [4.78, 5) is 11.0. The molecule has 0 saturated carbocycles. The van der Waals surface area contributed by atoms with Crippen LogP contribution in [0.15, 0.2) is 181 Å². The predicted molar refractivity (Wildman–Crippen MR) is 268 cm³/mol. The van der Waals surface area contributed by atoms with Crippen molar-refractivity contribution in [2.24, 2.45) is 4.99 Å². The van der Waals surface area contributed by atoms with E-state index in [1.54, 1.807) is 6.08 Å². The van der Waals surface area contributed by atoms with Crippen molar-refractivity contribution in [2.45, 2.75) is 101 Å². The Labute approximate surface area is 360 Å². The Morgan fingerprint density at radius 2 is 1.63 bits per heavy atom. The van der Waals surface area contributed by atoms with E-state index in [2.05, 4.69) is 163 Å². The molecule has 0 bridgehead atoms. The lowest BCUT2D eigenvalue weighted by molar-refractivity contribution is 0.774. The number of para-hydroxylation sites is 1. The summed E-state index contributed by atoms with van der Waals surface area (Å²) in [7, 11) is 1.81. The third-order valence-corrected chi connectivity index (χ3v) is 9.26. The average Bonchev–Trinajstić information content (AvgIpc) is 3.50.